The van der Waals surface area contributed by atoms with Crippen LogP contribution in [0.3, 0.4) is 0 Å². The maximum atomic E-state index is 3.94. The lowest BCUT2D eigenvalue weighted by Gasteiger charge is -2.02. The van der Waals surface area contributed by atoms with Crippen LogP contribution in [-0.2, 0) is 6.54 Å². The first kappa shape index (κ1) is 8.68. The van der Waals surface area contributed by atoms with E-state index in [1.54, 1.807) is 12.4 Å². The highest BCUT2D eigenvalue weighted by atomic mass is 15.2. The topological polar surface area (TPSA) is 66.5 Å². The van der Waals surface area contributed by atoms with Crippen LogP contribution in [0.1, 0.15) is 11.3 Å². The molecular formula is C9H11N5. The molecule has 0 aliphatic heterocycles. The highest BCUT2D eigenvalue weighted by Gasteiger charge is 1.96. The fraction of sp³-hybridized carbons (Fsp3) is 0.222. The van der Waals surface area contributed by atoms with Crippen molar-refractivity contribution in [2.75, 3.05) is 5.32 Å². The molecule has 0 radical (unpaired) electrons. The zero-order valence-electron chi connectivity index (χ0n) is 7.86. The lowest BCUT2D eigenvalue weighted by atomic mass is 10.3. The highest BCUT2D eigenvalue weighted by Crippen LogP contribution is 2.04. The summed E-state index contributed by atoms with van der Waals surface area (Å²) in [7, 11) is 0. The average molecular weight is 189 g/mol. The van der Waals surface area contributed by atoms with Gasteiger partial charge in [-0.3, -0.25) is 5.10 Å². The summed E-state index contributed by atoms with van der Waals surface area (Å²) in [5.74, 6) is 0.777. The van der Waals surface area contributed by atoms with Crippen LogP contribution in [0.15, 0.2) is 24.5 Å². The van der Waals surface area contributed by atoms with Gasteiger partial charge in [0.2, 0.25) is 0 Å². The number of aromatic nitrogens is 4. The number of aryl methyl sites for hydroxylation is 1. The van der Waals surface area contributed by atoms with E-state index in [0.29, 0.717) is 6.54 Å². The van der Waals surface area contributed by atoms with Gasteiger partial charge in [-0.25, -0.2) is 0 Å². The van der Waals surface area contributed by atoms with Gasteiger partial charge in [-0.2, -0.15) is 10.2 Å². The Morgan fingerprint density at radius 2 is 2.43 bits per heavy atom. The molecule has 0 aliphatic rings. The van der Waals surface area contributed by atoms with Gasteiger partial charge in [0.25, 0.3) is 0 Å². The third kappa shape index (κ3) is 2.07. The molecule has 0 aliphatic carbocycles. The van der Waals surface area contributed by atoms with E-state index in [9.17, 15) is 0 Å². The molecule has 14 heavy (non-hydrogen) atoms. The van der Waals surface area contributed by atoms with E-state index >= 15 is 0 Å². The molecule has 0 saturated heterocycles. The Morgan fingerprint density at radius 1 is 1.50 bits per heavy atom. The summed E-state index contributed by atoms with van der Waals surface area (Å²) in [6, 6.07) is 3.86. The third-order valence-electron chi connectivity index (χ3n) is 1.81. The van der Waals surface area contributed by atoms with Crippen LogP contribution in [0.2, 0.25) is 0 Å². The van der Waals surface area contributed by atoms with Crippen molar-refractivity contribution in [1.29, 1.82) is 0 Å². The molecule has 0 amide bonds. The Bertz CT molecular complexity index is 395. The van der Waals surface area contributed by atoms with Crippen molar-refractivity contribution < 1.29 is 0 Å². The summed E-state index contributed by atoms with van der Waals surface area (Å²) >= 11 is 0. The highest BCUT2D eigenvalue weighted by molar-refractivity contribution is 5.35. The van der Waals surface area contributed by atoms with E-state index in [-0.39, 0.29) is 0 Å². The number of rotatable bonds is 3. The van der Waals surface area contributed by atoms with Crippen molar-refractivity contribution in [3.8, 4) is 0 Å². The molecule has 0 atom stereocenters. The van der Waals surface area contributed by atoms with Crippen LogP contribution in [0, 0.1) is 6.92 Å². The summed E-state index contributed by atoms with van der Waals surface area (Å²) < 4.78 is 0. The molecule has 2 aromatic heterocycles. The molecule has 0 saturated carbocycles. The second-order valence-corrected chi connectivity index (χ2v) is 3.05. The summed E-state index contributed by atoms with van der Waals surface area (Å²) in [6.07, 6.45) is 3.44. The molecule has 0 aromatic carbocycles. The second-order valence-electron chi connectivity index (χ2n) is 3.05. The van der Waals surface area contributed by atoms with E-state index in [0.717, 1.165) is 17.1 Å². The molecule has 0 spiro atoms. The molecule has 2 aromatic rings. The van der Waals surface area contributed by atoms with Crippen molar-refractivity contribution in [2.24, 2.45) is 0 Å². The minimum atomic E-state index is 0.679. The number of anilines is 1. The molecule has 0 bridgehead atoms. The van der Waals surface area contributed by atoms with Crippen LogP contribution < -0.4 is 5.32 Å². The largest absolute Gasteiger partial charge is 0.363 e. The number of nitrogens with one attached hydrogen (secondary N) is 2. The van der Waals surface area contributed by atoms with Crippen molar-refractivity contribution in [3.05, 3.63) is 35.8 Å². The van der Waals surface area contributed by atoms with E-state index < -0.39 is 0 Å². The minimum absolute atomic E-state index is 0.679. The van der Waals surface area contributed by atoms with Gasteiger partial charge in [0, 0.05) is 6.20 Å². The summed E-state index contributed by atoms with van der Waals surface area (Å²) in [4.78, 5) is 0. The van der Waals surface area contributed by atoms with Crippen molar-refractivity contribution in [2.45, 2.75) is 13.5 Å². The maximum Gasteiger partial charge on any atom is 0.149 e. The molecule has 0 fully saturated rings. The van der Waals surface area contributed by atoms with Crippen LogP contribution >= 0.6 is 0 Å². The van der Waals surface area contributed by atoms with Crippen LogP contribution in [0.4, 0.5) is 5.82 Å². The SMILES string of the molecule is Cc1cnnc(NCc2ccn[nH]2)c1. The Kier molecular flexibility index (Phi) is 2.40. The van der Waals surface area contributed by atoms with Gasteiger partial charge in [-0.1, -0.05) is 0 Å². The maximum absolute atomic E-state index is 3.94. The van der Waals surface area contributed by atoms with Gasteiger partial charge in [0.05, 0.1) is 18.4 Å². The Balaban J connectivity index is 1.98. The summed E-state index contributed by atoms with van der Waals surface area (Å²) in [6.45, 7) is 2.66. The van der Waals surface area contributed by atoms with Gasteiger partial charge in [-0.05, 0) is 24.6 Å². The molecule has 0 unspecified atom stereocenters. The Morgan fingerprint density at radius 3 is 3.14 bits per heavy atom. The van der Waals surface area contributed by atoms with Crippen molar-refractivity contribution in [3.63, 3.8) is 0 Å². The predicted molar refractivity (Wildman–Crippen MR) is 52.7 cm³/mol. The third-order valence-corrected chi connectivity index (χ3v) is 1.81. The molecule has 72 valence electrons. The fourth-order valence-electron chi connectivity index (χ4n) is 1.12. The zero-order valence-corrected chi connectivity index (χ0v) is 7.86. The molecule has 2 heterocycles. The number of hydrogen-bond donors (Lipinski definition) is 2. The molecular weight excluding hydrogens is 178 g/mol. The Labute approximate surface area is 81.6 Å². The Hall–Kier alpha value is -1.91. The van der Waals surface area contributed by atoms with Crippen LogP contribution in [0.5, 0.6) is 0 Å². The van der Waals surface area contributed by atoms with Gasteiger partial charge in [0.1, 0.15) is 5.82 Å². The quantitative estimate of drug-likeness (QED) is 0.759. The number of hydrogen-bond acceptors (Lipinski definition) is 4. The normalized spacial score (nSPS) is 10.1. The van der Waals surface area contributed by atoms with Crippen LogP contribution in [0.25, 0.3) is 0 Å². The first-order valence-corrected chi connectivity index (χ1v) is 4.36. The van der Waals surface area contributed by atoms with Crippen molar-refractivity contribution in [1.82, 2.24) is 20.4 Å². The van der Waals surface area contributed by atoms with Gasteiger partial charge in [0.15, 0.2) is 0 Å². The van der Waals surface area contributed by atoms with Crippen molar-refractivity contribution >= 4 is 5.82 Å². The van der Waals surface area contributed by atoms with E-state index in [4.69, 9.17) is 0 Å². The first-order valence-electron chi connectivity index (χ1n) is 4.36. The smallest absolute Gasteiger partial charge is 0.149 e. The monoisotopic (exact) mass is 189 g/mol. The molecule has 2 N–H and O–H groups in total. The number of H-pyrrole nitrogens is 1. The number of aromatic amines is 1. The zero-order chi connectivity index (χ0) is 9.80. The van der Waals surface area contributed by atoms with E-state index in [1.807, 2.05) is 19.1 Å². The summed E-state index contributed by atoms with van der Waals surface area (Å²) in [5, 5.41) is 17.6. The lowest BCUT2D eigenvalue weighted by molar-refractivity contribution is 0.948. The van der Waals surface area contributed by atoms with Gasteiger partial charge >= 0.3 is 0 Å². The summed E-state index contributed by atoms with van der Waals surface area (Å²) in [5.41, 5.74) is 2.11. The van der Waals surface area contributed by atoms with Gasteiger partial charge < -0.3 is 5.32 Å². The van der Waals surface area contributed by atoms with Gasteiger partial charge in [-0.15, -0.1) is 5.10 Å². The molecule has 5 heteroatoms. The lowest BCUT2D eigenvalue weighted by Crippen LogP contribution is -2.02. The van der Waals surface area contributed by atoms with Crippen LogP contribution in [-0.4, -0.2) is 20.4 Å². The minimum Gasteiger partial charge on any atom is -0.363 e. The standard InChI is InChI=1S/C9H11N5/c1-7-4-9(14-12-5-7)10-6-8-2-3-11-13-8/h2-5H,6H2,1H3,(H,10,14)(H,11,13). The second kappa shape index (κ2) is 3.87. The van der Waals surface area contributed by atoms with E-state index in [2.05, 4.69) is 25.7 Å². The average Bonchev–Trinajstić information content (AvgIpc) is 2.67. The first-order chi connectivity index (χ1) is 6.84. The fourth-order valence-corrected chi connectivity index (χ4v) is 1.12. The molecule has 5 nitrogen and oxygen atoms in total. The molecule has 2 rings (SSSR count). The number of nitrogens with zero attached hydrogens (tertiary/aromatic N) is 3. The predicted octanol–water partition coefficient (Wildman–Crippen LogP) is 1.12. The van der Waals surface area contributed by atoms with E-state index in [1.165, 1.54) is 0 Å².